The number of rotatable bonds is 5. The summed E-state index contributed by atoms with van der Waals surface area (Å²) in [4.78, 5) is 0. The van der Waals surface area contributed by atoms with E-state index in [-0.39, 0.29) is 5.92 Å². The maximum atomic E-state index is 10.5. The zero-order chi connectivity index (χ0) is 14.0. The second kappa shape index (κ2) is 5.72. The molecule has 3 nitrogen and oxygen atoms in total. The fourth-order valence-corrected chi connectivity index (χ4v) is 2.52. The van der Waals surface area contributed by atoms with Crippen LogP contribution in [0.4, 0.5) is 0 Å². The highest BCUT2D eigenvalue weighted by Gasteiger charge is 2.34. The molecule has 0 heterocycles. The van der Waals surface area contributed by atoms with Crippen LogP contribution >= 0.6 is 0 Å². The molecule has 0 aliphatic heterocycles. The summed E-state index contributed by atoms with van der Waals surface area (Å²) in [5.41, 5.74) is -0.457. The Morgan fingerprint density at radius 3 is 2.39 bits per heavy atom. The molecule has 0 fully saturated rings. The molecule has 1 rings (SSSR count). The lowest BCUT2D eigenvalue weighted by Gasteiger charge is -2.36. The molecule has 18 heavy (non-hydrogen) atoms. The van der Waals surface area contributed by atoms with Gasteiger partial charge in [0.2, 0.25) is 0 Å². The van der Waals surface area contributed by atoms with Crippen LogP contribution in [0, 0.1) is 5.92 Å². The van der Waals surface area contributed by atoms with E-state index in [1.807, 2.05) is 6.92 Å². The quantitative estimate of drug-likeness (QED) is 0.662. The maximum Gasteiger partial charge on any atom is 0.0849 e. The Balaban J connectivity index is 2.50. The van der Waals surface area contributed by atoms with Crippen molar-refractivity contribution in [1.29, 1.82) is 0 Å². The molecule has 0 aromatic carbocycles. The van der Waals surface area contributed by atoms with Crippen LogP contribution in [0.3, 0.4) is 0 Å². The average Bonchev–Trinajstić information content (AvgIpc) is 2.25. The third kappa shape index (κ3) is 4.38. The van der Waals surface area contributed by atoms with E-state index in [1.165, 1.54) is 5.57 Å². The summed E-state index contributed by atoms with van der Waals surface area (Å²) in [6, 6.07) is 0. The van der Waals surface area contributed by atoms with E-state index in [2.05, 4.69) is 13.0 Å². The van der Waals surface area contributed by atoms with Gasteiger partial charge >= 0.3 is 0 Å². The number of allylic oxidation sites excluding steroid dienone is 2. The first-order chi connectivity index (χ1) is 8.13. The standard InChI is InChI=1S/C15H28O3/c1-11-5-7-12(8-6-11)15(4,18)10-9-13(16)14(2,3)17/h5,12-13,16-18H,6-10H2,1-4H3. The monoisotopic (exact) mass is 256 g/mol. The molecule has 0 saturated carbocycles. The van der Waals surface area contributed by atoms with E-state index >= 15 is 0 Å². The highest BCUT2D eigenvalue weighted by molar-refractivity contribution is 5.05. The Labute approximate surface area is 111 Å². The summed E-state index contributed by atoms with van der Waals surface area (Å²) in [5, 5.41) is 30.0. The van der Waals surface area contributed by atoms with E-state index in [4.69, 9.17) is 0 Å². The SMILES string of the molecule is CC1=CCC(C(C)(O)CCC(O)C(C)(C)O)CC1. The van der Waals surface area contributed by atoms with Gasteiger partial charge in [0, 0.05) is 0 Å². The summed E-state index contributed by atoms with van der Waals surface area (Å²) in [5.74, 6) is 0.259. The van der Waals surface area contributed by atoms with Crippen LogP contribution in [-0.2, 0) is 0 Å². The smallest absolute Gasteiger partial charge is 0.0849 e. The highest BCUT2D eigenvalue weighted by atomic mass is 16.3. The predicted molar refractivity (Wildman–Crippen MR) is 73.3 cm³/mol. The van der Waals surface area contributed by atoms with Crippen LogP contribution in [0.2, 0.25) is 0 Å². The Hall–Kier alpha value is -0.380. The molecule has 0 saturated heterocycles. The summed E-state index contributed by atoms with van der Waals surface area (Å²) >= 11 is 0. The van der Waals surface area contributed by atoms with E-state index in [0.29, 0.717) is 12.8 Å². The molecular weight excluding hydrogens is 228 g/mol. The molecule has 3 N–H and O–H groups in total. The third-order valence-electron chi connectivity index (χ3n) is 4.26. The summed E-state index contributed by atoms with van der Waals surface area (Å²) < 4.78 is 0. The molecule has 106 valence electrons. The average molecular weight is 256 g/mol. The van der Waals surface area contributed by atoms with Crippen molar-refractivity contribution in [2.24, 2.45) is 5.92 Å². The van der Waals surface area contributed by atoms with Gasteiger partial charge in [-0.25, -0.2) is 0 Å². The van der Waals surface area contributed by atoms with E-state index < -0.39 is 17.3 Å². The van der Waals surface area contributed by atoms with Gasteiger partial charge in [0.25, 0.3) is 0 Å². The maximum absolute atomic E-state index is 10.5. The van der Waals surface area contributed by atoms with Crippen LogP contribution in [0.5, 0.6) is 0 Å². The topological polar surface area (TPSA) is 60.7 Å². The normalized spacial score (nSPS) is 26.4. The van der Waals surface area contributed by atoms with Crippen molar-refractivity contribution in [1.82, 2.24) is 0 Å². The molecule has 3 unspecified atom stereocenters. The van der Waals surface area contributed by atoms with Gasteiger partial charge in [-0.15, -0.1) is 0 Å². The Kier molecular flexibility index (Phi) is 4.98. The first-order valence-corrected chi connectivity index (χ1v) is 6.91. The molecule has 0 radical (unpaired) electrons. The highest BCUT2D eigenvalue weighted by Crippen LogP contribution is 2.35. The van der Waals surface area contributed by atoms with Gasteiger partial charge in [0.15, 0.2) is 0 Å². The zero-order valence-corrected chi connectivity index (χ0v) is 12.1. The Morgan fingerprint density at radius 2 is 1.94 bits per heavy atom. The second-order valence-electron chi connectivity index (χ2n) is 6.59. The molecule has 0 spiro atoms. The predicted octanol–water partition coefficient (Wildman–Crippen LogP) is 2.40. The lowest BCUT2D eigenvalue weighted by molar-refractivity contribution is -0.0733. The minimum atomic E-state index is -1.10. The van der Waals surface area contributed by atoms with Crippen LogP contribution < -0.4 is 0 Å². The third-order valence-corrected chi connectivity index (χ3v) is 4.26. The number of aliphatic hydroxyl groups is 3. The molecule has 3 heteroatoms. The lowest BCUT2D eigenvalue weighted by atomic mass is 9.75. The van der Waals surface area contributed by atoms with Crippen molar-refractivity contribution in [2.45, 2.75) is 77.1 Å². The summed E-state index contributed by atoms with van der Waals surface area (Å²) in [6.45, 7) is 7.17. The van der Waals surface area contributed by atoms with Crippen molar-refractivity contribution < 1.29 is 15.3 Å². The summed E-state index contributed by atoms with van der Waals surface area (Å²) in [6.07, 6.45) is 5.34. The van der Waals surface area contributed by atoms with Gasteiger partial charge in [-0.2, -0.15) is 0 Å². The van der Waals surface area contributed by atoms with Crippen molar-refractivity contribution in [3.05, 3.63) is 11.6 Å². The van der Waals surface area contributed by atoms with Gasteiger partial charge in [-0.05, 0) is 65.7 Å². The van der Waals surface area contributed by atoms with E-state index in [0.717, 1.165) is 19.3 Å². The molecule has 0 bridgehead atoms. The molecule has 0 amide bonds. The van der Waals surface area contributed by atoms with E-state index in [9.17, 15) is 15.3 Å². The number of hydrogen-bond donors (Lipinski definition) is 3. The summed E-state index contributed by atoms with van der Waals surface area (Å²) in [7, 11) is 0. The molecule has 0 aromatic heterocycles. The van der Waals surface area contributed by atoms with Crippen LogP contribution in [0.15, 0.2) is 11.6 Å². The van der Waals surface area contributed by atoms with Crippen molar-refractivity contribution >= 4 is 0 Å². The van der Waals surface area contributed by atoms with Gasteiger partial charge in [0.1, 0.15) is 0 Å². The van der Waals surface area contributed by atoms with Gasteiger partial charge in [-0.3, -0.25) is 0 Å². The van der Waals surface area contributed by atoms with Crippen molar-refractivity contribution in [3.8, 4) is 0 Å². The van der Waals surface area contributed by atoms with Crippen LogP contribution in [0.1, 0.15) is 59.8 Å². The molecule has 1 aliphatic carbocycles. The fourth-order valence-electron chi connectivity index (χ4n) is 2.52. The Morgan fingerprint density at radius 1 is 1.33 bits per heavy atom. The molecule has 1 aliphatic rings. The van der Waals surface area contributed by atoms with Crippen molar-refractivity contribution in [2.75, 3.05) is 0 Å². The van der Waals surface area contributed by atoms with Gasteiger partial charge < -0.3 is 15.3 Å². The second-order valence-corrected chi connectivity index (χ2v) is 6.59. The number of hydrogen-bond acceptors (Lipinski definition) is 3. The lowest BCUT2D eigenvalue weighted by Crippen LogP contribution is -2.40. The van der Waals surface area contributed by atoms with Gasteiger partial charge in [0.05, 0.1) is 17.3 Å². The van der Waals surface area contributed by atoms with E-state index in [1.54, 1.807) is 13.8 Å². The fraction of sp³-hybridized carbons (Fsp3) is 0.867. The molecule has 0 aromatic rings. The zero-order valence-electron chi connectivity index (χ0n) is 12.1. The van der Waals surface area contributed by atoms with Crippen molar-refractivity contribution in [3.63, 3.8) is 0 Å². The largest absolute Gasteiger partial charge is 0.390 e. The number of aliphatic hydroxyl groups excluding tert-OH is 1. The first-order valence-electron chi connectivity index (χ1n) is 6.91. The molecular formula is C15H28O3. The minimum Gasteiger partial charge on any atom is -0.390 e. The Bertz CT molecular complexity index is 299. The van der Waals surface area contributed by atoms with Gasteiger partial charge in [-0.1, -0.05) is 11.6 Å². The van der Waals surface area contributed by atoms with Crippen LogP contribution in [-0.4, -0.2) is 32.6 Å². The minimum absolute atomic E-state index is 0.259. The first kappa shape index (κ1) is 15.7. The molecule has 3 atom stereocenters. The van der Waals surface area contributed by atoms with Crippen LogP contribution in [0.25, 0.3) is 0 Å².